The second-order valence-electron chi connectivity index (χ2n) is 6.83. The Morgan fingerprint density at radius 1 is 1.14 bits per heavy atom. The highest BCUT2D eigenvalue weighted by molar-refractivity contribution is 5.95. The third-order valence-corrected chi connectivity index (χ3v) is 4.92. The number of carbonyl (C=O) groups is 2. The molecular weight excluding hydrogens is 354 g/mol. The molecule has 0 aliphatic carbocycles. The molecule has 1 aromatic carbocycles. The van der Waals surface area contributed by atoms with E-state index in [-0.39, 0.29) is 18.0 Å². The summed E-state index contributed by atoms with van der Waals surface area (Å²) in [6.07, 6.45) is 3.32. The maximum Gasteiger partial charge on any atom is 0.317 e. The molecule has 2 aromatic rings. The van der Waals surface area contributed by atoms with Gasteiger partial charge in [-0.05, 0) is 49.6 Å². The van der Waals surface area contributed by atoms with Gasteiger partial charge in [0.1, 0.15) is 5.82 Å². The van der Waals surface area contributed by atoms with Crippen LogP contribution in [0.15, 0.2) is 42.6 Å². The fourth-order valence-corrected chi connectivity index (χ4v) is 3.31. The Morgan fingerprint density at radius 2 is 1.93 bits per heavy atom. The molecule has 148 valence electrons. The molecule has 3 amide bonds. The summed E-state index contributed by atoms with van der Waals surface area (Å²) in [7, 11) is 1.83. The monoisotopic (exact) mass is 381 g/mol. The van der Waals surface area contributed by atoms with Gasteiger partial charge in [-0.25, -0.2) is 9.78 Å². The highest BCUT2D eigenvalue weighted by Gasteiger charge is 2.23. The Morgan fingerprint density at radius 3 is 2.57 bits per heavy atom. The van der Waals surface area contributed by atoms with Crippen molar-refractivity contribution in [1.82, 2.24) is 20.5 Å². The second-order valence-corrected chi connectivity index (χ2v) is 6.83. The van der Waals surface area contributed by atoms with Crippen LogP contribution in [-0.4, -0.2) is 54.5 Å². The Hall–Kier alpha value is -3.09. The molecular formula is C21H27N5O2. The zero-order valence-corrected chi connectivity index (χ0v) is 16.4. The maximum absolute atomic E-state index is 12.7. The average molecular weight is 381 g/mol. The number of pyridine rings is 1. The quantitative estimate of drug-likeness (QED) is 0.743. The lowest BCUT2D eigenvalue weighted by atomic mass is 10.0. The summed E-state index contributed by atoms with van der Waals surface area (Å²) in [4.78, 5) is 30.7. The largest absolute Gasteiger partial charge is 0.373 e. The number of urea groups is 1. The van der Waals surface area contributed by atoms with Gasteiger partial charge in [0.05, 0.1) is 0 Å². The molecule has 1 aliphatic rings. The minimum atomic E-state index is -0.0851. The predicted molar refractivity (Wildman–Crippen MR) is 110 cm³/mol. The first kappa shape index (κ1) is 19.7. The molecule has 0 unspecified atom stereocenters. The molecule has 0 saturated carbocycles. The van der Waals surface area contributed by atoms with E-state index in [0.717, 1.165) is 29.8 Å². The van der Waals surface area contributed by atoms with Crippen molar-refractivity contribution in [3.05, 3.63) is 48.2 Å². The molecule has 1 saturated heterocycles. The van der Waals surface area contributed by atoms with Gasteiger partial charge in [-0.2, -0.15) is 0 Å². The summed E-state index contributed by atoms with van der Waals surface area (Å²) in [6, 6.07) is 11.5. The molecule has 3 rings (SSSR count). The van der Waals surface area contributed by atoms with Crippen LogP contribution in [-0.2, 0) is 0 Å². The van der Waals surface area contributed by atoms with Crippen molar-refractivity contribution in [1.29, 1.82) is 0 Å². The Kier molecular flexibility index (Phi) is 6.47. The van der Waals surface area contributed by atoms with Crippen LogP contribution in [0.1, 0.15) is 30.1 Å². The number of nitrogens with zero attached hydrogens (tertiary/aromatic N) is 2. The van der Waals surface area contributed by atoms with E-state index in [9.17, 15) is 9.59 Å². The van der Waals surface area contributed by atoms with E-state index >= 15 is 0 Å². The summed E-state index contributed by atoms with van der Waals surface area (Å²) in [5.74, 6) is 0.717. The summed E-state index contributed by atoms with van der Waals surface area (Å²) in [6.45, 7) is 3.84. The molecule has 2 heterocycles. The zero-order chi connectivity index (χ0) is 19.9. The number of amides is 3. The van der Waals surface area contributed by atoms with Crippen molar-refractivity contribution >= 4 is 17.8 Å². The molecule has 28 heavy (non-hydrogen) atoms. The first-order valence-electron chi connectivity index (χ1n) is 9.68. The van der Waals surface area contributed by atoms with Crippen molar-refractivity contribution in [3.8, 4) is 11.1 Å². The maximum atomic E-state index is 12.7. The van der Waals surface area contributed by atoms with E-state index in [2.05, 4.69) is 20.9 Å². The topological polar surface area (TPSA) is 86.4 Å². The molecule has 0 bridgehead atoms. The van der Waals surface area contributed by atoms with Gasteiger partial charge in [-0.15, -0.1) is 0 Å². The molecule has 0 spiro atoms. The number of nitrogens with one attached hydrogen (secondary N) is 3. The van der Waals surface area contributed by atoms with Gasteiger partial charge >= 0.3 is 6.03 Å². The third-order valence-electron chi connectivity index (χ3n) is 4.92. The van der Waals surface area contributed by atoms with Gasteiger partial charge in [-0.1, -0.05) is 12.1 Å². The van der Waals surface area contributed by atoms with Crippen LogP contribution in [0.25, 0.3) is 11.1 Å². The molecule has 7 nitrogen and oxygen atoms in total. The van der Waals surface area contributed by atoms with E-state index in [1.54, 1.807) is 11.1 Å². The lowest BCUT2D eigenvalue weighted by Gasteiger charge is -2.32. The lowest BCUT2D eigenvalue weighted by molar-refractivity contribution is 0.0918. The van der Waals surface area contributed by atoms with Gasteiger partial charge in [0, 0.05) is 50.0 Å². The molecule has 0 radical (unpaired) electrons. The van der Waals surface area contributed by atoms with Gasteiger partial charge in [0.15, 0.2) is 0 Å². The number of likely N-dealkylation sites (tertiary alicyclic amines) is 1. The van der Waals surface area contributed by atoms with Crippen LogP contribution >= 0.6 is 0 Å². The van der Waals surface area contributed by atoms with Crippen molar-refractivity contribution in [2.75, 3.05) is 32.0 Å². The van der Waals surface area contributed by atoms with Gasteiger partial charge in [0.2, 0.25) is 0 Å². The Balaban J connectivity index is 1.60. The third kappa shape index (κ3) is 4.79. The minimum Gasteiger partial charge on any atom is -0.373 e. The number of anilines is 1. The van der Waals surface area contributed by atoms with E-state index in [1.807, 2.05) is 50.4 Å². The summed E-state index contributed by atoms with van der Waals surface area (Å²) in [5.41, 5.74) is 2.54. The number of hydrogen-bond acceptors (Lipinski definition) is 4. The Labute approximate surface area is 165 Å². The van der Waals surface area contributed by atoms with Crippen LogP contribution in [0.2, 0.25) is 0 Å². The van der Waals surface area contributed by atoms with Crippen LogP contribution in [0.3, 0.4) is 0 Å². The molecule has 1 aliphatic heterocycles. The van der Waals surface area contributed by atoms with E-state index in [1.165, 1.54) is 0 Å². The molecule has 7 heteroatoms. The molecule has 1 aromatic heterocycles. The van der Waals surface area contributed by atoms with Crippen LogP contribution in [0.4, 0.5) is 10.6 Å². The number of piperidine rings is 1. The minimum absolute atomic E-state index is 0.0297. The fourth-order valence-electron chi connectivity index (χ4n) is 3.31. The van der Waals surface area contributed by atoms with Crippen LogP contribution in [0, 0.1) is 0 Å². The number of hydrogen-bond donors (Lipinski definition) is 3. The molecule has 0 atom stereocenters. The van der Waals surface area contributed by atoms with Crippen molar-refractivity contribution in [2.24, 2.45) is 0 Å². The zero-order valence-electron chi connectivity index (χ0n) is 16.4. The van der Waals surface area contributed by atoms with E-state index < -0.39 is 0 Å². The van der Waals surface area contributed by atoms with E-state index in [4.69, 9.17) is 0 Å². The summed E-state index contributed by atoms with van der Waals surface area (Å²) >= 11 is 0. The predicted octanol–water partition coefficient (Wildman–Crippen LogP) is 2.71. The van der Waals surface area contributed by atoms with Crippen molar-refractivity contribution < 1.29 is 9.59 Å². The highest BCUT2D eigenvalue weighted by atomic mass is 16.2. The lowest BCUT2D eigenvalue weighted by Crippen LogP contribution is -2.49. The number of benzene rings is 1. The summed E-state index contributed by atoms with van der Waals surface area (Å²) in [5, 5.41) is 8.91. The number of aromatic nitrogens is 1. The number of rotatable bonds is 5. The van der Waals surface area contributed by atoms with Crippen molar-refractivity contribution in [2.45, 2.75) is 25.8 Å². The Bertz CT molecular complexity index is 814. The van der Waals surface area contributed by atoms with E-state index in [0.29, 0.717) is 25.2 Å². The van der Waals surface area contributed by atoms with Gasteiger partial charge in [0.25, 0.3) is 5.91 Å². The summed E-state index contributed by atoms with van der Waals surface area (Å²) < 4.78 is 0. The smallest absolute Gasteiger partial charge is 0.317 e. The standard InChI is InChI=1S/C21H27N5O2/c1-3-23-21(28)26-11-9-18(10-12-26)25-20(27)16-6-4-5-15(13-16)17-7-8-19(22-2)24-14-17/h4-8,13-14,18H,3,9-12H2,1-2H3,(H,22,24)(H,23,28)(H,25,27). The normalized spacial score (nSPS) is 14.4. The van der Waals surface area contributed by atoms with Crippen LogP contribution < -0.4 is 16.0 Å². The first-order valence-corrected chi connectivity index (χ1v) is 9.68. The first-order chi connectivity index (χ1) is 13.6. The fraction of sp³-hybridized carbons (Fsp3) is 0.381. The molecule has 3 N–H and O–H groups in total. The van der Waals surface area contributed by atoms with Crippen molar-refractivity contribution in [3.63, 3.8) is 0 Å². The van der Waals surface area contributed by atoms with Crippen LogP contribution in [0.5, 0.6) is 0 Å². The van der Waals surface area contributed by atoms with Gasteiger partial charge in [-0.3, -0.25) is 4.79 Å². The van der Waals surface area contributed by atoms with Gasteiger partial charge < -0.3 is 20.9 Å². The highest BCUT2D eigenvalue weighted by Crippen LogP contribution is 2.21. The SMILES string of the molecule is CCNC(=O)N1CCC(NC(=O)c2cccc(-c3ccc(NC)nc3)c2)CC1. The number of carbonyl (C=O) groups excluding carboxylic acids is 2. The average Bonchev–Trinajstić information content (AvgIpc) is 2.74. The second kappa shape index (κ2) is 9.21. The molecule has 1 fully saturated rings.